The molecular formula is C16H23N5O4. The van der Waals surface area contributed by atoms with Gasteiger partial charge in [0.25, 0.3) is 5.56 Å². The fourth-order valence-electron chi connectivity index (χ4n) is 2.18. The molecule has 2 rings (SSSR count). The number of aromatic nitrogens is 4. The Hall–Kier alpha value is -2.71. The van der Waals surface area contributed by atoms with Crippen molar-refractivity contribution in [2.75, 3.05) is 18.5 Å². The first-order valence-corrected chi connectivity index (χ1v) is 7.95. The highest BCUT2D eigenvalue weighted by molar-refractivity contribution is 5.94. The predicted octanol–water partition coefficient (Wildman–Crippen LogP) is 0.662. The van der Waals surface area contributed by atoms with Gasteiger partial charge >= 0.3 is 11.7 Å². The first-order valence-electron chi connectivity index (χ1n) is 7.95. The van der Waals surface area contributed by atoms with Gasteiger partial charge in [-0.05, 0) is 12.3 Å². The highest BCUT2D eigenvalue weighted by atomic mass is 16.5. The summed E-state index contributed by atoms with van der Waals surface area (Å²) in [6.07, 6.45) is 0. The summed E-state index contributed by atoms with van der Waals surface area (Å²) in [5, 5.41) is 3.07. The zero-order chi connectivity index (χ0) is 18.9. The van der Waals surface area contributed by atoms with E-state index >= 15 is 0 Å². The van der Waals surface area contributed by atoms with Crippen LogP contribution in [-0.4, -0.2) is 38.2 Å². The normalized spacial score (nSPS) is 11.6. The van der Waals surface area contributed by atoms with Crippen LogP contribution in [0.25, 0.3) is 11.2 Å². The highest BCUT2D eigenvalue weighted by Gasteiger charge is 2.22. The molecule has 0 saturated carbocycles. The van der Waals surface area contributed by atoms with Crippen molar-refractivity contribution in [3.8, 4) is 0 Å². The molecule has 0 aromatic carbocycles. The quantitative estimate of drug-likeness (QED) is 0.808. The Morgan fingerprint density at radius 3 is 2.36 bits per heavy atom. The predicted molar refractivity (Wildman–Crippen MR) is 93.9 cm³/mol. The summed E-state index contributed by atoms with van der Waals surface area (Å²) in [4.78, 5) is 45.2. The van der Waals surface area contributed by atoms with Gasteiger partial charge in [0.1, 0.15) is 0 Å². The summed E-state index contributed by atoms with van der Waals surface area (Å²) in [5.74, 6) is -0.492. The van der Waals surface area contributed by atoms with Crippen LogP contribution in [0, 0.1) is 5.41 Å². The maximum Gasteiger partial charge on any atom is 0.360 e. The molecule has 0 bridgehead atoms. The van der Waals surface area contributed by atoms with Gasteiger partial charge in [-0.3, -0.25) is 13.9 Å². The number of hydrogen-bond acceptors (Lipinski definition) is 7. The van der Waals surface area contributed by atoms with E-state index in [9.17, 15) is 14.4 Å². The molecule has 0 aliphatic rings. The van der Waals surface area contributed by atoms with Crippen molar-refractivity contribution in [2.24, 2.45) is 19.5 Å². The van der Waals surface area contributed by atoms with Crippen LogP contribution in [-0.2, 0) is 18.8 Å². The van der Waals surface area contributed by atoms with Gasteiger partial charge < -0.3 is 10.1 Å². The second-order valence-corrected chi connectivity index (χ2v) is 6.93. The summed E-state index contributed by atoms with van der Waals surface area (Å²) in [6, 6.07) is 0. The van der Waals surface area contributed by atoms with Gasteiger partial charge in [-0.15, -0.1) is 0 Å². The summed E-state index contributed by atoms with van der Waals surface area (Å²) >= 11 is 0. The Morgan fingerprint density at radius 2 is 1.80 bits per heavy atom. The minimum Gasteiger partial charge on any atom is -0.461 e. The summed E-state index contributed by atoms with van der Waals surface area (Å²) in [6.45, 7) is 8.41. The van der Waals surface area contributed by atoms with E-state index in [1.807, 2.05) is 20.8 Å². The second-order valence-electron chi connectivity index (χ2n) is 6.93. The lowest BCUT2D eigenvalue weighted by atomic mass is 9.97. The lowest BCUT2D eigenvalue weighted by molar-refractivity contribution is 0.0520. The third-order valence-electron chi connectivity index (χ3n) is 3.53. The topological polar surface area (TPSA) is 108 Å². The van der Waals surface area contributed by atoms with E-state index in [2.05, 4.69) is 15.3 Å². The molecule has 0 aliphatic carbocycles. The molecule has 9 nitrogen and oxygen atoms in total. The van der Waals surface area contributed by atoms with Gasteiger partial charge in [-0.2, -0.15) is 0 Å². The van der Waals surface area contributed by atoms with Crippen LogP contribution in [0.3, 0.4) is 0 Å². The molecule has 0 aliphatic heterocycles. The summed E-state index contributed by atoms with van der Waals surface area (Å²) in [7, 11) is 2.85. The number of esters is 1. The minimum absolute atomic E-state index is 0.0611. The Balaban J connectivity index is 2.75. The first-order chi connectivity index (χ1) is 11.6. The van der Waals surface area contributed by atoms with Crippen LogP contribution >= 0.6 is 0 Å². The number of rotatable bonds is 4. The Kier molecular flexibility index (Phi) is 4.96. The largest absolute Gasteiger partial charge is 0.461 e. The van der Waals surface area contributed by atoms with Crippen LogP contribution in [0.2, 0.25) is 0 Å². The number of nitrogens with zero attached hydrogens (tertiary/aromatic N) is 4. The third-order valence-corrected chi connectivity index (χ3v) is 3.53. The number of hydrogen-bond donors (Lipinski definition) is 1. The monoisotopic (exact) mass is 349 g/mol. The van der Waals surface area contributed by atoms with E-state index < -0.39 is 17.2 Å². The Bertz CT molecular complexity index is 937. The van der Waals surface area contributed by atoms with E-state index in [0.717, 1.165) is 4.57 Å². The number of anilines is 1. The molecule has 0 spiro atoms. The molecule has 0 saturated heterocycles. The molecule has 0 radical (unpaired) electrons. The molecule has 0 amide bonds. The zero-order valence-corrected chi connectivity index (χ0v) is 15.3. The zero-order valence-electron chi connectivity index (χ0n) is 15.3. The molecule has 0 atom stereocenters. The molecule has 0 unspecified atom stereocenters. The molecule has 25 heavy (non-hydrogen) atoms. The lowest BCUT2D eigenvalue weighted by Gasteiger charge is -2.20. The van der Waals surface area contributed by atoms with Gasteiger partial charge in [-0.25, -0.2) is 19.6 Å². The number of aryl methyl sites for hydroxylation is 1. The van der Waals surface area contributed by atoms with Crippen LogP contribution < -0.4 is 16.6 Å². The molecule has 2 aromatic heterocycles. The van der Waals surface area contributed by atoms with Gasteiger partial charge in [0.05, 0.1) is 6.61 Å². The van der Waals surface area contributed by atoms with Crippen molar-refractivity contribution in [1.29, 1.82) is 0 Å². The van der Waals surface area contributed by atoms with Crippen molar-refractivity contribution >= 4 is 23.0 Å². The number of nitrogens with one attached hydrogen (secondary N) is 1. The van der Waals surface area contributed by atoms with E-state index in [1.54, 1.807) is 6.92 Å². The minimum atomic E-state index is -0.677. The maximum atomic E-state index is 12.3. The Morgan fingerprint density at radius 1 is 1.16 bits per heavy atom. The van der Waals surface area contributed by atoms with Gasteiger partial charge in [0.2, 0.25) is 0 Å². The molecule has 0 fully saturated rings. The molecule has 136 valence electrons. The average molecular weight is 349 g/mol. The van der Waals surface area contributed by atoms with Gasteiger partial charge in [0, 0.05) is 20.6 Å². The van der Waals surface area contributed by atoms with Crippen LogP contribution in [0.15, 0.2) is 9.59 Å². The van der Waals surface area contributed by atoms with Crippen molar-refractivity contribution in [3.05, 3.63) is 26.5 Å². The van der Waals surface area contributed by atoms with Crippen molar-refractivity contribution in [2.45, 2.75) is 27.7 Å². The first kappa shape index (κ1) is 18.6. The van der Waals surface area contributed by atoms with Crippen LogP contribution in [0.4, 0.5) is 5.82 Å². The molecule has 2 heterocycles. The smallest absolute Gasteiger partial charge is 0.360 e. The van der Waals surface area contributed by atoms with E-state index in [0.29, 0.717) is 6.54 Å². The lowest BCUT2D eigenvalue weighted by Crippen LogP contribution is -2.38. The summed E-state index contributed by atoms with van der Waals surface area (Å²) in [5.41, 5.74) is -1.24. The van der Waals surface area contributed by atoms with E-state index in [1.165, 1.54) is 18.7 Å². The van der Waals surface area contributed by atoms with Gasteiger partial charge in [0.15, 0.2) is 22.7 Å². The molecule has 2 aromatic rings. The number of fused-ring (bicyclic) bond motifs is 1. The van der Waals surface area contributed by atoms with Crippen LogP contribution in [0.5, 0.6) is 0 Å². The third kappa shape index (κ3) is 3.70. The highest BCUT2D eigenvalue weighted by Crippen LogP contribution is 2.19. The fraction of sp³-hybridized carbons (Fsp3) is 0.562. The molecule has 9 heteroatoms. The van der Waals surface area contributed by atoms with Crippen LogP contribution in [0.1, 0.15) is 38.2 Å². The SMILES string of the molecule is CCOC(=O)c1nc2c(=O)n(C)c(=O)n(C)c2nc1NCC(C)(C)C. The fourth-order valence-corrected chi connectivity index (χ4v) is 2.18. The Labute approximate surface area is 144 Å². The molecular weight excluding hydrogens is 326 g/mol. The number of ether oxygens (including phenoxy) is 1. The van der Waals surface area contributed by atoms with Crippen molar-refractivity contribution in [1.82, 2.24) is 19.1 Å². The molecule has 1 N–H and O–H groups in total. The van der Waals surface area contributed by atoms with Crippen molar-refractivity contribution in [3.63, 3.8) is 0 Å². The second kappa shape index (κ2) is 6.66. The van der Waals surface area contributed by atoms with Crippen molar-refractivity contribution < 1.29 is 9.53 Å². The van der Waals surface area contributed by atoms with E-state index in [4.69, 9.17) is 4.74 Å². The van der Waals surface area contributed by atoms with Gasteiger partial charge in [-0.1, -0.05) is 20.8 Å². The van der Waals surface area contributed by atoms with E-state index in [-0.39, 0.29) is 34.7 Å². The average Bonchev–Trinajstić information content (AvgIpc) is 2.55. The summed E-state index contributed by atoms with van der Waals surface area (Å²) < 4.78 is 7.16. The number of carbonyl (C=O) groups excluding carboxylic acids is 1. The maximum absolute atomic E-state index is 12.3. The standard InChI is InChI=1S/C16H23N5O4/c1-7-25-14(23)9-11(17-8-16(2,3)4)19-12-10(18-9)13(22)21(6)15(24)20(12)5/h7-8H2,1-6H3,(H,17,19). The number of carbonyl (C=O) groups is 1.